The molecule has 0 aliphatic heterocycles. The van der Waals surface area contributed by atoms with Gasteiger partial charge in [-0.1, -0.05) is 60.1 Å². The third-order valence-corrected chi connectivity index (χ3v) is 13.0. The van der Waals surface area contributed by atoms with Gasteiger partial charge in [0.25, 0.3) is 0 Å². The maximum absolute atomic E-state index is 11.8. The highest BCUT2D eigenvalue weighted by atomic mass is 16.3. The first-order valence-corrected chi connectivity index (χ1v) is 13.9. The van der Waals surface area contributed by atoms with Gasteiger partial charge in [0.2, 0.25) is 0 Å². The van der Waals surface area contributed by atoms with E-state index in [4.69, 9.17) is 0 Å². The molecule has 194 valence electrons. The summed E-state index contributed by atoms with van der Waals surface area (Å²) in [5, 5.41) is 45.1. The van der Waals surface area contributed by atoms with E-state index < -0.39 is 17.6 Å². The molecule has 0 saturated heterocycles. The standard InChI is InChI=1S/C30H50O4/c1-25(2)12-13-30(17-31)19(14-25)18-8-9-21-27(5)11-10-22(33)26(3,4)24(27)20(32)15-29(21,7)28(18,6)16-23(30)34/h8,19-24,31-34H,9-17H2,1-7H3/t19-,20+,21+,22-,23+,24-,27+,28+,29+,30+/m0/s1. The minimum absolute atomic E-state index is 0.0525. The van der Waals surface area contributed by atoms with Gasteiger partial charge in [-0.3, -0.25) is 0 Å². The highest BCUT2D eigenvalue weighted by Crippen LogP contribution is 2.75. The summed E-state index contributed by atoms with van der Waals surface area (Å²) < 4.78 is 0. The molecule has 4 N–H and O–H groups in total. The SMILES string of the molecule is CC1(C)CC[C@]2(CO)[C@H](O)C[C@]3(C)C(=CC[C@@H]4[C@@]5(C)CC[C@H](O)C(C)(C)[C@@H]5[C@H](O)C[C@]43C)[C@@H]2C1. The van der Waals surface area contributed by atoms with Crippen LogP contribution in [0.25, 0.3) is 0 Å². The van der Waals surface area contributed by atoms with Crippen LogP contribution in [0.15, 0.2) is 11.6 Å². The van der Waals surface area contributed by atoms with E-state index >= 15 is 0 Å². The van der Waals surface area contributed by atoms with Crippen molar-refractivity contribution in [1.29, 1.82) is 0 Å². The highest BCUT2D eigenvalue weighted by molar-refractivity contribution is 5.35. The molecule has 0 aromatic rings. The minimum Gasteiger partial charge on any atom is -0.396 e. The Morgan fingerprint density at radius 1 is 0.853 bits per heavy atom. The van der Waals surface area contributed by atoms with Crippen LogP contribution in [0.1, 0.15) is 99.8 Å². The summed E-state index contributed by atoms with van der Waals surface area (Å²) in [6, 6.07) is 0. The van der Waals surface area contributed by atoms with E-state index in [1.54, 1.807) is 0 Å². The van der Waals surface area contributed by atoms with Gasteiger partial charge in [0.05, 0.1) is 24.9 Å². The van der Waals surface area contributed by atoms with Crippen LogP contribution in [-0.4, -0.2) is 45.3 Å². The zero-order valence-corrected chi connectivity index (χ0v) is 22.7. The number of aliphatic hydroxyl groups excluding tert-OH is 4. The summed E-state index contributed by atoms with van der Waals surface area (Å²) >= 11 is 0. The van der Waals surface area contributed by atoms with Crippen LogP contribution in [0.5, 0.6) is 0 Å². The lowest BCUT2D eigenvalue weighted by Gasteiger charge is -2.72. The van der Waals surface area contributed by atoms with Gasteiger partial charge < -0.3 is 20.4 Å². The highest BCUT2D eigenvalue weighted by Gasteiger charge is 2.71. The van der Waals surface area contributed by atoms with Gasteiger partial charge in [0.15, 0.2) is 0 Å². The second-order valence-corrected chi connectivity index (χ2v) is 15.4. The first-order chi connectivity index (χ1) is 15.6. The number of aliphatic hydroxyl groups is 4. The van der Waals surface area contributed by atoms with E-state index in [0.29, 0.717) is 12.3 Å². The number of hydrogen-bond donors (Lipinski definition) is 4. The molecule has 0 unspecified atom stereocenters. The summed E-state index contributed by atoms with van der Waals surface area (Å²) in [4.78, 5) is 0. The van der Waals surface area contributed by atoms with Crippen LogP contribution >= 0.6 is 0 Å². The van der Waals surface area contributed by atoms with Gasteiger partial charge in [0.1, 0.15) is 0 Å². The van der Waals surface area contributed by atoms with Crippen LogP contribution in [-0.2, 0) is 0 Å². The van der Waals surface area contributed by atoms with Crippen molar-refractivity contribution in [2.45, 2.75) is 118 Å². The molecule has 0 heterocycles. The van der Waals surface area contributed by atoms with E-state index in [1.807, 2.05) is 0 Å². The fraction of sp³-hybridized carbons (Fsp3) is 0.933. The Morgan fingerprint density at radius 3 is 2.18 bits per heavy atom. The van der Waals surface area contributed by atoms with E-state index in [-0.39, 0.29) is 51.6 Å². The van der Waals surface area contributed by atoms with Crippen molar-refractivity contribution in [1.82, 2.24) is 0 Å². The maximum atomic E-state index is 11.8. The summed E-state index contributed by atoms with van der Waals surface area (Å²) in [7, 11) is 0. The molecule has 4 fully saturated rings. The summed E-state index contributed by atoms with van der Waals surface area (Å²) in [5.41, 5.74) is 0.522. The van der Waals surface area contributed by atoms with E-state index in [2.05, 4.69) is 54.5 Å². The average Bonchev–Trinajstić information content (AvgIpc) is 2.71. The Labute approximate surface area is 207 Å². The van der Waals surface area contributed by atoms with Crippen molar-refractivity contribution in [2.24, 2.45) is 50.2 Å². The molecular weight excluding hydrogens is 424 g/mol. The zero-order valence-electron chi connectivity index (χ0n) is 22.7. The van der Waals surface area contributed by atoms with Gasteiger partial charge in [0, 0.05) is 5.41 Å². The molecule has 0 aromatic carbocycles. The Morgan fingerprint density at radius 2 is 1.53 bits per heavy atom. The normalized spacial score (nSPS) is 55.8. The van der Waals surface area contributed by atoms with E-state index in [0.717, 1.165) is 44.9 Å². The Balaban J connectivity index is 1.64. The topological polar surface area (TPSA) is 80.9 Å². The molecule has 4 heteroatoms. The molecule has 4 saturated carbocycles. The summed E-state index contributed by atoms with van der Waals surface area (Å²) in [6.07, 6.45) is 8.22. The molecule has 0 amide bonds. The van der Waals surface area contributed by atoms with Crippen molar-refractivity contribution < 1.29 is 20.4 Å². The van der Waals surface area contributed by atoms with Crippen LogP contribution in [0.2, 0.25) is 0 Å². The fourth-order valence-electron chi connectivity index (χ4n) is 10.9. The van der Waals surface area contributed by atoms with E-state index in [1.165, 1.54) is 5.57 Å². The summed E-state index contributed by atoms with van der Waals surface area (Å²) in [5.74, 6) is 0.665. The third-order valence-electron chi connectivity index (χ3n) is 13.0. The zero-order chi connectivity index (χ0) is 25.1. The molecule has 10 atom stereocenters. The Bertz CT molecular complexity index is 877. The predicted octanol–water partition coefficient (Wildman–Crippen LogP) is 5.08. The van der Waals surface area contributed by atoms with Gasteiger partial charge in [-0.05, 0) is 96.2 Å². The quantitative estimate of drug-likeness (QED) is 0.399. The molecule has 0 bridgehead atoms. The number of rotatable bonds is 1. The molecule has 5 aliphatic rings. The second kappa shape index (κ2) is 7.33. The first kappa shape index (κ1) is 25.2. The third kappa shape index (κ3) is 2.92. The fourth-order valence-corrected chi connectivity index (χ4v) is 10.9. The summed E-state index contributed by atoms with van der Waals surface area (Å²) in [6.45, 7) is 16.2. The van der Waals surface area contributed by atoms with Crippen molar-refractivity contribution in [3.63, 3.8) is 0 Å². The Kier molecular flexibility index (Phi) is 5.44. The molecule has 4 nitrogen and oxygen atoms in total. The lowest BCUT2D eigenvalue weighted by atomic mass is 9.33. The van der Waals surface area contributed by atoms with Gasteiger partial charge in [-0.25, -0.2) is 0 Å². The van der Waals surface area contributed by atoms with Gasteiger partial charge in [-0.15, -0.1) is 0 Å². The first-order valence-electron chi connectivity index (χ1n) is 13.9. The van der Waals surface area contributed by atoms with Crippen LogP contribution < -0.4 is 0 Å². The molecule has 0 aromatic heterocycles. The van der Waals surface area contributed by atoms with Gasteiger partial charge >= 0.3 is 0 Å². The van der Waals surface area contributed by atoms with Crippen molar-refractivity contribution >= 4 is 0 Å². The molecule has 0 spiro atoms. The van der Waals surface area contributed by atoms with Crippen molar-refractivity contribution in [3.8, 4) is 0 Å². The molecule has 5 aliphatic carbocycles. The minimum atomic E-state index is -0.524. The number of allylic oxidation sites excluding steroid dienone is 2. The van der Waals surface area contributed by atoms with Gasteiger partial charge in [-0.2, -0.15) is 0 Å². The molecule has 34 heavy (non-hydrogen) atoms. The average molecular weight is 475 g/mol. The smallest absolute Gasteiger partial charge is 0.0632 e. The number of fused-ring (bicyclic) bond motifs is 7. The largest absolute Gasteiger partial charge is 0.396 e. The second-order valence-electron chi connectivity index (χ2n) is 15.4. The number of hydrogen-bond acceptors (Lipinski definition) is 4. The van der Waals surface area contributed by atoms with Crippen molar-refractivity contribution in [2.75, 3.05) is 6.61 Å². The monoisotopic (exact) mass is 474 g/mol. The molecule has 5 rings (SSSR count). The lowest BCUT2D eigenvalue weighted by Crippen LogP contribution is -2.69. The maximum Gasteiger partial charge on any atom is 0.0632 e. The lowest BCUT2D eigenvalue weighted by molar-refractivity contribution is -0.250. The molecule has 0 radical (unpaired) electrons. The van der Waals surface area contributed by atoms with Crippen LogP contribution in [0.3, 0.4) is 0 Å². The Hall–Kier alpha value is -0.420. The van der Waals surface area contributed by atoms with Crippen molar-refractivity contribution in [3.05, 3.63) is 11.6 Å². The molecular formula is C30H50O4. The van der Waals surface area contributed by atoms with Crippen LogP contribution in [0.4, 0.5) is 0 Å². The van der Waals surface area contributed by atoms with Crippen LogP contribution in [0, 0.1) is 50.2 Å². The predicted molar refractivity (Wildman–Crippen MR) is 135 cm³/mol. The van der Waals surface area contributed by atoms with E-state index in [9.17, 15) is 20.4 Å².